The quantitative estimate of drug-likeness (QED) is 0.325. The summed E-state index contributed by atoms with van der Waals surface area (Å²) >= 11 is -0.770. The van der Waals surface area contributed by atoms with Crippen LogP contribution in [0, 0.1) is 0 Å². The van der Waals surface area contributed by atoms with Crippen LogP contribution in [0.5, 0.6) is 0 Å². The molecule has 0 aliphatic rings. The van der Waals surface area contributed by atoms with E-state index in [4.69, 9.17) is 14.1 Å². The third-order valence-corrected chi connectivity index (χ3v) is 3.95. The van der Waals surface area contributed by atoms with Crippen molar-refractivity contribution < 1.29 is 13.2 Å². The SMILES string of the molecule is CO[S+](OC)[C@](C)(C=O)CCCNCCN. The first-order valence-corrected chi connectivity index (χ1v) is 6.42. The molecule has 0 amide bonds. The Kier molecular flexibility index (Phi) is 8.87. The summed E-state index contributed by atoms with van der Waals surface area (Å²) in [6, 6.07) is 0. The number of hydrogen-bond donors (Lipinski definition) is 2. The van der Waals surface area contributed by atoms with Gasteiger partial charge in [-0.25, -0.2) is 0 Å². The van der Waals surface area contributed by atoms with E-state index in [1.54, 1.807) is 14.2 Å². The lowest BCUT2D eigenvalue weighted by Crippen LogP contribution is -2.39. The van der Waals surface area contributed by atoms with E-state index in [9.17, 15) is 4.79 Å². The van der Waals surface area contributed by atoms with Crippen molar-refractivity contribution in [3.8, 4) is 0 Å². The molecule has 1 atom stereocenters. The Morgan fingerprint density at radius 1 is 1.38 bits per heavy atom. The lowest BCUT2D eigenvalue weighted by atomic mass is 10.1. The Bertz CT molecular complexity index is 191. The first-order chi connectivity index (χ1) is 7.64. The Morgan fingerprint density at radius 2 is 2.00 bits per heavy atom. The highest BCUT2D eigenvalue weighted by Gasteiger charge is 2.47. The van der Waals surface area contributed by atoms with E-state index in [0.29, 0.717) is 6.54 Å². The van der Waals surface area contributed by atoms with Gasteiger partial charge in [0.05, 0.1) is 14.2 Å². The Morgan fingerprint density at radius 3 is 2.44 bits per heavy atom. The molecular formula is C10H23N2O3S+. The normalized spacial score (nSPS) is 15.1. The van der Waals surface area contributed by atoms with E-state index in [1.165, 1.54) is 0 Å². The molecule has 0 unspecified atom stereocenters. The van der Waals surface area contributed by atoms with Gasteiger partial charge in [0.1, 0.15) is 0 Å². The summed E-state index contributed by atoms with van der Waals surface area (Å²) in [4.78, 5) is 11.1. The van der Waals surface area contributed by atoms with Crippen LogP contribution >= 0.6 is 0 Å². The Balaban J connectivity index is 4.00. The fraction of sp³-hybridized carbons (Fsp3) is 0.900. The van der Waals surface area contributed by atoms with E-state index >= 15 is 0 Å². The summed E-state index contributed by atoms with van der Waals surface area (Å²) in [6.45, 7) is 4.15. The fourth-order valence-electron chi connectivity index (χ4n) is 1.42. The maximum Gasteiger partial charge on any atom is 0.328 e. The summed E-state index contributed by atoms with van der Waals surface area (Å²) in [7, 11) is 3.11. The van der Waals surface area contributed by atoms with Crippen molar-refractivity contribution in [1.29, 1.82) is 0 Å². The molecule has 0 bridgehead atoms. The zero-order chi connectivity index (χ0) is 12.4. The molecule has 0 aromatic heterocycles. The van der Waals surface area contributed by atoms with E-state index in [0.717, 1.165) is 32.2 Å². The third-order valence-electron chi connectivity index (χ3n) is 2.28. The van der Waals surface area contributed by atoms with Gasteiger partial charge in [0.2, 0.25) is 4.75 Å². The standard InChI is InChI=1S/C10H23N2O3S/c1-10(9-13,16(14-2)15-3)5-4-7-12-8-6-11/h9,12H,4-8,11H2,1-3H3/q+1/t10-/m0/s1. The zero-order valence-electron chi connectivity index (χ0n) is 10.3. The molecule has 0 heterocycles. The van der Waals surface area contributed by atoms with Crippen LogP contribution in [0.15, 0.2) is 0 Å². The molecule has 0 aliphatic heterocycles. The average molecular weight is 251 g/mol. The number of hydrogen-bond acceptors (Lipinski definition) is 5. The zero-order valence-corrected chi connectivity index (χ0v) is 11.1. The largest absolute Gasteiger partial charge is 0.329 e. The maximum absolute atomic E-state index is 11.1. The first-order valence-electron chi connectivity index (χ1n) is 5.35. The molecule has 0 aromatic carbocycles. The second-order valence-corrected chi connectivity index (χ2v) is 5.71. The van der Waals surface area contributed by atoms with Gasteiger partial charge in [-0.2, -0.15) is 0 Å². The van der Waals surface area contributed by atoms with Crippen LogP contribution in [0.25, 0.3) is 0 Å². The summed E-state index contributed by atoms with van der Waals surface area (Å²) in [5.74, 6) is 0. The van der Waals surface area contributed by atoms with Crippen LogP contribution < -0.4 is 11.1 Å². The van der Waals surface area contributed by atoms with Crippen LogP contribution in [0.1, 0.15) is 19.8 Å². The van der Waals surface area contributed by atoms with Crippen LogP contribution in [0.2, 0.25) is 0 Å². The van der Waals surface area contributed by atoms with Crippen molar-refractivity contribution in [1.82, 2.24) is 5.32 Å². The van der Waals surface area contributed by atoms with E-state index in [2.05, 4.69) is 5.32 Å². The van der Waals surface area contributed by atoms with Crippen LogP contribution in [-0.4, -0.2) is 44.9 Å². The molecule has 0 aromatic rings. The summed E-state index contributed by atoms with van der Waals surface area (Å²) in [5, 5.41) is 3.19. The highest BCUT2D eigenvalue weighted by Crippen LogP contribution is 2.24. The summed E-state index contributed by atoms with van der Waals surface area (Å²) in [5.41, 5.74) is 5.36. The van der Waals surface area contributed by atoms with Gasteiger partial charge in [0.15, 0.2) is 6.29 Å². The molecule has 6 heteroatoms. The van der Waals surface area contributed by atoms with Gasteiger partial charge in [0.25, 0.3) is 0 Å². The summed E-state index contributed by atoms with van der Waals surface area (Å²) in [6.07, 6.45) is 2.55. The third kappa shape index (κ3) is 5.27. The van der Waals surface area contributed by atoms with E-state index < -0.39 is 16.2 Å². The minimum atomic E-state index is -0.770. The van der Waals surface area contributed by atoms with Crippen molar-refractivity contribution in [2.75, 3.05) is 33.9 Å². The summed E-state index contributed by atoms with van der Waals surface area (Å²) < 4.78 is 9.77. The molecule has 96 valence electrons. The van der Waals surface area contributed by atoms with Crippen molar-refractivity contribution in [3.05, 3.63) is 0 Å². The molecule has 16 heavy (non-hydrogen) atoms. The van der Waals surface area contributed by atoms with Crippen molar-refractivity contribution in [2.45, 2.75) is 24.5 Å². The Hall–Kier alpha value is -0.140. The highest BCUT2D eigenvalue weighted by atomic mass is 32.2. The minimum Gasteiger partial charge on any atom is -0.329 e. The molecule has 5 nitrogen and oxygen atoms in total. The van der Waals surface area contributed by atoms with Gasteiger partial charge in [-0.3, -0.25) is 4.79 Å². The van der Waals surface area contributed by atoms with Crippen LogP contribution in [-0.2, 0) is 24.6 Å². The molecule has 0 saturated carbocycles. The molecule has 0 radical (unpaired) electrons. The van der Waals surface area contributed by atoms with Gasteiger partial charge in [-0.05, 0) is 19.9 Å². The minimum absolute atomic E-state index is 0.562. The predicted octanol–water partition coefficient (Wildman–Crippen LogP) is 0.0136. The van der Waals surface area contributed by atoms with Gasteiger partial charge >= 0.3 is 11.5 Å². The number of carbonyl (C=O) groups excluding carboxylic acids is 1. The van der Waals surface area contributed by atoms with Crippen LogP contribution in [0.4, 0.5) is 0 Å². The van der Waals surface area contributed by atoms with Gasteiger partial charge in [-0.1, -0.05) is 0 Å². The Labute approximate surface area is 101 Å². The molecule has 0 saturated heterocycles. The monoisotopic (exact) mass is 251 g/mol. The van der Waals surface area contributed by atoms with Crippen molar-refractivity contribution in [3.63, 3.8) is 0 Å². The second-order valence-electron chi connectivity index (χ2n) is 3.64. The number of nitrogens with one attached hydrogen (secondary N) is 1. The van der Waals surface area contributed by atoms with Gasteiger partial charge < -0.3 is 11.1 Å². The smallest absolute Gasteiger partial charge is 0.328 e. The molecule has 0 aliphatic carbocycles. The van der Waals surface area contributed by atoms with Gasteiger partial charge in [0, 0.05) is 19.5 Å². The molecule has 3 N–H and O–H groups in total. The maximum atomic E-state index is 11.1. The average Bonchev–Trinajstić information content (AvgIpc) is 2.30. The highest BCUT2D eigenvalue weighted by molar-refractivity contribution is 7.89. The van der Waals surface area contributed by atoms with Crippen LogP contribution in [0.3, 0.4) is 0 Å². The first kappa shape index (κ1) is 15.9. The number of aldehydes is 1. The number of carbonyl (C=O) groups is 1. The lowest BCUT2D eigenvalue weighted by molar-refractivity contribution is -0.110. The van der Waals surface area contributed by atoms with Crippen molar-refractivity contribution >= 4 is 17.7 Å². The van der Waals surface area contributed by atoms with E-state index in [1.807, 2.05) is 6.92 Å². The topological polar surface area (TPSA) is 73.6 Å². The molecular weight excluding hydrogens is 228 g/mol. The molecule has 0 rings (SSSR count). The van der Waals surface area contributed by atoms with Crippen molar-refractivity contribution in [2.24, 2.45) is 5.73 Å². The second kappa shape index (κ2) is 8.95. The number of rotatable bonds is 10. The predicted molar refractivity (Wildman–Crippen MR) is 67.0 cm³/mol. The van der Waals surface area contributed by atoms with Gasteiger partial charge in [-0.15, -0.1) is 8.37 Å². The van der Waals surface area contributed by atoms with E-state index in [-0.39, 0.29) is 0 Å². The molecule has 0 spiro atoms. The number of nitrogens with two attached hydrogens (primary N) is 1. The molecule has 0 fully saturated rings. The fourth-order valence-corrected chi connectivity index (χ4v) is 2.71. The lowest BCUT2D eigenvalue weighted by Gasteiger charge is -2.17.